The molecule has 2 heterocycles. The summed E-state index contributed by atoms with van der Waals surface area (Å²) in [6, 6.07) is 12.4. The lowest BCUT2D eigenvalue weighted by molar-refractivity contribution is -0.133. The maximum Gasteiger partial charge on any atom is 0.244 e. The number of aryl methyl sites for hydroxylation is 1. The van der Waals surface area contributed by atoms with E-state index in [-0.39, 0.29) is 5.91 Å². The van der Waals surface area contributed by atoms with E-state index in [1.807, 2.05) is 30.2 Å². The average molecular weight is 298 g/mol. The zero-order valence-electron chi connectivity index (χ0n) is 13.0. The number of nitrogens with zero attached hydrogens (tertiary/aromatic N) is 4. The van der Waals surface area contributed by atoms with Gasteiger partial charge in [0, 0.05) is 38.9 Å². The van der Waals surface area contributed by atoms with E-state index in [9.17, 15) is 4.79 Å². The Morgan fingerprint density at radius 2 is 1.82 bits per heavy atom. The smallest absolute Gasteiger partial charge is 0.244 e. The van der Waals surface area contributed by atoms with Gasteiger partial charge in [-0.3, -0.25) is 14.4 Å². The van der Waals surface area contributed by atoms with E-state index in [2.05, 4.69) is 34.3 Å². The highest BCUT2D eigenvalue weighted by Gasteiger charge is 2.21. The van der Waals surface area contributed by atoms with Gasteiger partial charge in [0.25, 0.3) is 0 Å². The van der Waals surface area contributed by atoms with Gasteiger partial charge in [0.2, 0.25) is 5.91 Å². The van der Waals surface area contributed by atoms with Gasteiger partial charge in [-0.05, 0) is 18.6 Å². The SMILES string of the molecule is Cc1ccn(CC(=O)N2CCN(Cc3ccccc3)CC2)n1. The predicted octanol–water partition coefficient (Wildman–Crippen LogP) is 1.54. The molecule has 0 N–H and O–H groups in total. The van der Waals surface area contributed by atoms with Crippen molar-refractivity contribution < 1.29 is 4.79 Å². The topological polar surface area (TPSA) is 41.4 Å². The lowest BCUT2D eigenvalue weighted by Gasteiger charge is -2.34. The lowest BCUT2D eigenvalue weighted by atomic mass is 10.2. The van der Waals surface area contributed by atoms with Crippen molar-refractivity contribution in [3.63, 3.8) is 0 Å². The summed E-state index contributed by atoms with van der Waals surface area (Å²) in [7, 11) is 0. The number of rotatable bonds is 4. The number of carbonyl (C=O) groups is 1. The van der Waals surface area contributed by atoms with Gasteiger partial charge in [0.15, 0.2) is 0 Å². The number of hydrogen-bond acceptors (Lipinski definition) is 3. The molecule has 1 saturated heterocycles. The van der Waals surface area contributed by atoms with Crippen molar-refractivity contribution in [1.82, 2.24) is 19.6 Å². The Kier molecular flexibility index (Phi) is 4.53. The van der Waals surface area contributed by atoms with Gasteiger partial charge >= 0.3 is 0 Å². The van der Waals surface area contributed by atoms with Gasteiger partial charge in [0.05, 0.1) is 5.69 Å². The number of benzene rings is 1. The second-order valence-corrected chi connectivity index (χ2v) is 5.80. The quantitative estimate of drug-likeness (QED) is 0.860. The first-order valence-corrected chi connectivity index (χ1v) is 7.75. The third kappa shape index (κ3) is 3.74. The minimum atomic E-state index is 0.155. The number of hydrogen-bond donors (Lipinski definition) is 0. The maximum absolute atomic E-state index is 12.3. The largest absolute Gasteiger partial charge is 0.339 e. The summed E-state index contributed by atoms with van der Waals surface area (Å²) in [5.41, 5.74) is 2.27. The van der Waals surface area contributed by atoms with Gasteiger partial charge in [-0.2, -0.15) is 5.10 Å². The summed E-state index contributed by atoms with van der Waals surface area (Å²) in [6.45, 7) is 6.69. The molecule has 3 rings (SSSR count). The molecule has 22 heavy (non-hydrogen) atoms. The van der Waals surface area contributed by atoms with Crippen molar-refractivity contribution in [2.24, 2.45) is 0 Å². The molecule has 0 atom stereocenters. The van der Waals surface area contributed by atoms with Gasteiger partial charge in [-0.25, -0.2) is 0 Å². The van der Waals surface area contributed by atoms with Crippen LogP contribution in [0.15, 0.2) is 42.6 Å². The van der Waals surface area contributed by atoms with Crippen LogP contribution in [0.5, 0.6) is 0 Å². The highest BCUT2D eigenvalue weighted by Crippen LogP contribution is 2.09. The molecule has 1 fully saturated rings. The second kappa shape index (κ2) is 6.75. The molecule has 0 unspecified atom stereocenters. The first-order chi connectivity index (χ1) is 10.7. The standard InChI is InChI=1S/C17H22N4O/c1-15-7-8-21(18-15)14-17(22)20-11-9-19(10-12-20)13-16-5-3-2-4-6-16/h2-8H,9-14H2,1H3. The van der Waals surface area contributed by atoms with Crippen LogP contribution in [0.4, 0.5) is 0 Å². The summed E-state index contributed by atoms with van der Waals surface area (Å²) in [4.78, 5) is 16.6. The van der Waals surface area contributed by atoms with Crippen LogP contribution in [0.3, 0.4) is 0 Å². The molecule has 116 valence electrons. The number of carbonyl (C=O) groups excluding carboxylic acids is 1. The summed E-state index contributed by atoms with van der Waals surface area (Å²) in [5.74, 6) is 0.155. The van der Waals surface area contributed by atoms with E-state index in [4.69, 9.17) is 0 Å². The molecule has 0 bridgehead atoms. The Morgan fingerprint density at radius 3 is 2.45 bits per heavy atom. The van der Waals surface area contributed by atoms with Crippen molar-refractivity contribution in [3.05, 3.63) is 53.9 Å². The zero-order valence-corrected chi connectivity index (χ0v) is 13.0. The first kappa shape index (κ1) is 14.8. The Morgan fingerprint density at radius 1 is 1.09 bits per heavy atom. The van der Waals surface area contributed by atoms with E-state index in [1.165, 1.54) is 5.56 Å². The fraction of sp³-hybridized carbons (Fsp3) is 0.412. The molecule has 1 amide bonds. The third-order valence-corrected chi connectivity index (χ3v) is 4.05. The van der Waals surface area contributed by atoms with Crippen molar-refractivity contribution in [2.45, 2.75) is 20.0 Å². The molecule has 5 heteroatoms. The molecule has 1 aliphatic heterocycles. The van der Waals surface area contributed by atoms with E-state index in [1.54, 1.807) is 4.68 Å². The van der Waals surface area contributed by atoms with Crippen molar-refractivity contribution in [1.29, 1.82) is 0 Å². The molecule has 0 aliphatic carbocycles. The van der Waals surface area contributed by atoms with Gasteiger partial charge in [-0.15, -0.1) is 0 Å². The first-order valence-electron chi connectivity index (χ1n) is 7.75. The highest BCUT2D eigenvalue weighted by atomic mass is 16.2. The monoisotopic (exact) mass is 298 g/mol. The molecule has 1 aromatic heterocycles. The summed E-state index contributed by atoms with van der Waals surface area (Å²) in [6.07, 6.45) is 1.86. The van der Waals surface area contributed by atoms with E-state index in [0.717, 1.165) is 38.4 Å². The fourth-order valence-corrected chi connectivity index (χ4v) is 2.79. The molecule has 5 nitrogen and oxygen atoms in total. The average Bonchev–Trinajstić information content (AvgIpc) is 2.94. The summed E-state index contributed by atoms with van der Waals surface area (Å²) >= 11 is 0. The predicted molar refractivity (Wildman–Crippen MR) is 85.3 cm³/mol. The van der Waals surface area contributed by atoms with Crippen LogP contribution in [0.2, 0.25) is 0 Å². The minimum absolute atomic E-state index is 0.155. The highest BCUT2D eigenvalue weighted by molar-refractivity contribution is 5.76. The van der Waals surface area contributed by atoms with Crippen LogP contribution in [-0.4, -0.2) is 51.7 Å². The Hall–Kier alpha value is -2.14. The number of piperazine rings is 1. The van der Waals surface area contributed by atoms with Crippen molar-refractivity contribution >= 4 is 5.91 Å². The molecule has 1 aliphatic rings. The normalized spacial score (nSPS) is 16.0. The third-order valence-electron chi connectivity index (χ3n) is 4.05. The fourth-order valence-electron chi connectivity index (χ4n) is 2.79. The van der Waals surface area contributed by atoms with Crippen LogP contribution in [0.25, 0.3) is 0 Å². The van der Waals surface area contributed by atoms with E-state index in [0.29, 0.717) is 6.54 Å². The van der Waals surface area contributed by atoms with E-state index < -0.39 is 0 Å². The number of aromatic nitrogens is 2. The van der Waals surface area contributed by atoms with Crippen molar-refractivity contribution in [2.75, 3.05) is 26.2 Å². The van der Waals surface area contributed by atoms with Crippen molar-refractivity contribution in [3.8, 4) is 0 Å². The molecule has 0 spiro atoms. The zero-order chi connectivity index (χ0) is 15.4. The molecule has 2 aromatic rings. The van der Waals surface area contributed by atoms with Crippen LogP contribution in [-0.2, 0) is 17.9 Å². The van der Waals surface area contributed by atoms with Gasteiger partial charge in [-0.1, -0.05) is 30.3 Å². The summed E-state index contributed by atoms with van der Waals surface area (Å²) < 4.78 is 1.72. The van der Waals surface area contributed by atoms with Crippen LogP contribution < -0.4 is 0 Å². The second-order valence-electron chi connectivity index (χ2n) is 5.80. The molecule has 1 aromatic carbocycles. The Balaban J connectivity index is 1.48. The maximum atomic E-state index is 12.3. The van der Waals surface area contributed by atoms with Crippen LogP contribution in [0.1, 0.15) is 11.3 Å². The molecular formula is C17H22N4O. The molecule has 0 radical (unpaired) electrons. The minimum Gasteiger partial charge on any atom is -0.339 e. The Bertz CT molecular complexity index is 615. The van der Waals surface area contributed by atoms with E-state index >= 15 is 0 Å². The lowest BCUT2D eigenvalue weighted by Crippen LogP contribution is -2.49. The molecule has 0 saturated carbocycles. The van der Waals surface area contributed by atoms with Crippen LogP contribution in [0, 0.1) is 6.92 Å². The van der Waals surface area contributed by atoms with Gasteiger partial charge < -0.3 is 4.90 Å². The molecular weight excluding hydrogens is 276 g/mol. The summed E-state index contributed by atoms with van der Waals surface area (Å²) in [5, 5.41) is 4.28. The number of amides is 1. The Labute approximate surface area is 131 Å². The van der Waals surface area contributed by atoms with Crippen LogP contribution >= 0.6 is 0 Å². The van der Waals surface area contributed by atoms with Gasteiger partial charge in [0.1, 0.15) is 6.54 Å².